The van der Waals surface area contributed by atoms with E-state index >= 15 is 0 Å². The highest BCUT2D eigenvalue weighted by atomic mass is 32.2. The SMILES string of the molecule is CCN(CC)S(=O)(=O)NCc1ccc(C#CCN)s1. The number of hydrogen-bond donors (Lipinski definition) is 2. The Bertz CT molecular complexity index is 551. The Morgan fingerprint density at radius 3 is 2.63 bits per heavy atom. The average molecular weight is 301 g/mol. The molecule has 0 radical (unpaired) electrons. The van der Waals surface area contributed by atoms with Crippen molar-refractivity contribution in [1.82, 2.24) is 9.03 Å². The van der Waals surface area contributed by atoms with Crippen LogP contribution in [0.25, 0.3) is 0 Å². The first-order valence-corrected chi connectivity index (χ1v) is 8.31. The highest BCUT2D eigenvalue weighted by Gasteiger charge is 2.17. The third-order valence-corrected chi connectivity index (χ3v) is 5.16. The Balaban J connectivity index is 2.64. The molecule has 1 heterocycles. The number of hydrogen-bond acceptors (Lipinski definition) is 4. The zero-order chi connectivity index (χ0) is 14.3. The van der Waals surface area contributed by atoms with Gasteiger partial charge in [0.05, 0.1) is 11.4 Å². The van der Waals surface area contributed by atoms with Crippen molar-refractivity contribution >= 4 is 21.5 Å². The fourth-order valence-corrected chi connectivity index (χ4v) is 3.61. The molecule has 0 bridgehead atoms. The van der Waals surface area contributed by atoms with Crippen molar-refractivity contribution in [3.63, 3.8) is 0 Å². The number of nitrogens with zero attached hydrogens (tertiary/aromatic N) is 1. The van der Waals surface area contributed by atoms with Crippen molar-refractivity contribution in [2.45, 2.75) is 20.4 Å². The summed E-state index contributed by atoms with van der Waals surface area (Å²) in [5.41, 5.74) is 5.30. The van der Waals surface area contributed by atoms with E-state index in [1.807, 2.05) is 26.0 Å². The van der Waals surface area contributed by atoms with E-state index < -0.39 is 10.2 Å². The van der Waals surface area contributed by atoms with Crippen LogP contribution in [0.4, 0.5) is 0 Å². The van der Waals surface area contributed by atoms with Crippen LogP contribution >= 0.6 is 11.3 Å². The maximum absolute atomic E-state index is 11.9. The Hall–Kier alpha value is -0.910. The zero-order valence-corrected chi connectivity index (χ0v) is 12.8. The van der Waals surface area contributed by atoms with Crippen molar-refractivity contribution < 1.29 is 8.42 Å². The molecule has 0 spiro atoms. The van der Waals surface area contributed by atoms with Crippen LogP contribution in [0.1, 0.15) is 23.6 Å². The van der Waals surface area contributed by atoms with Crippen molar-refractivity contribution in [3.8, 4) is 11.8 Å². The van der Waals surface area contributed by atoms with Gasteiger partial charge in [0.15, 0.2) is 0 Å². The quantitative estimate of drug-likeness (QED) is 0.761. The molecule has 5 nitrogen and oxygen atoms in total. The van der Waals surface area contributed by atoms with E-state index in [1.165, 1.54) is 15.6 Å². The molecule has 0 aromatic carbocycles. The van der Waals surface area contributed by atoms with Gasteiger partial charge in [0.2, 0.25) is 0 Å². The molecule has 106 valence electrons. The first kappa shape index (κ1) is 16.1. The second kappa shape index (κ2) is 7.62. The van der Waals surface area contributed by atoms with E-state index in [1.54, 1.807) is 0 Å². The summed E-state index contributed by atoms with van der Waals surface area (Å²) in [6, 6.07) is 3.74. The number of nitrogens with one attached hydrogen (secondary N) is 1. The van der Waals surface area contributed by atoms with Crippen LogP contribution in [-0.4, -0.2) is 32.4 Å². The van der Waals surface area contributed by atoms with Crippen molar-refractivity contribution in [2.24, 2.45) is 5.73 Å². The summed E-state index contributed by atoms with van der Waals surface area (Å²) in [6.45, 7) is 5.16. The molecule has 1 aromatic rings. The van der Waals surface area contributed by atoms with Crippen LogP contribution in [0.5, 0.6) is 0 Å². The predicted octanol–water partition coefficient (Wildman–Crippen LogP) is 0.735. The summed E-state index contributed by atoms with van der Waals surface area (Å²) in [4.78, 5) is 1.82. The third kappa shape index (κ3) is 4.93. The molecule has 0 saturated carbocycles. The van der Waals surface area contributed by atoms with Crippen LogP contribution in [-0.2, 0) is 16.8 Å². The summed E-state index contributed by atoms with van der Waals surface area (Å²) in [5, 5.41) is 0. The van der Waals surface area contributed by atoms with E-state index in [4.69, 9.17) is 5.73 Å². The predicted molar refractivity (Wildman–Crippen MR) is 78.9 cm³/mol. The lowest BCUT2D eigenvalue weighted by Crippen LogP contribution is -2.39. The topological polar surface area (TPSA) is 75.4 Å². The smallest absolute Gasteiger partial charge is 0.279 e. The first-order chi connectivity index (χ1) is 9.03. The molecule has 0 unspecified atom stereocenters. The Morgan fingerprint density at radius 2 is 2.05 bits per heavy atom. The van der Waals surface area contributed by atoms with Gasteiger partial charge < -0.3 is 5.73 Å². The molecular weight excluding hydrogens is 282 g/mol. The van der Waals surface area contributed by atoms with Crippen LogP contribution in [0.2, 0.25) is 0 Å². The lowest BCUT2D eigenvalue weighted by molar-refractivity contribution is 0.435. The Kier molecular flexibility index (Phi) is 6.48. The molecule has 0 saturated heterocycles. The highest BCUT2D eigenvalue weighted by Crippen LogP contribution is 2.15. The van der Waals surface area contributed by atoms with Gasteiger partial charge in [0.1, 0.15) is 0 Å². The van der Waals surface area contributed by atoms with Crippen LogP contribution in [0.15, 0.2) is 12.1 Å². The Labute approximate surface area is 119 Å². The normalized spacial score (nSPS) is 11.4. The van der Waals surface area contributed by atoms with Crippen LogP contribution < -0.4 is 10.5 Å². The molecule has 1 rings (SSSR count). The fraction of sp³-hybridized carbons (Fsp3) is 0.500. The molecule has 0 fully saturated rings. The average Bonchev–Trinajstić information content (AvgIpc) is 2.83. The molecular formula is C12H19N3O2S2. The molecule has 0 atom stereocenters. The second-order valence-electron chi connectivity index (χ2n) is 3.68. The van der Waals surface area contributed by atoms with Crippen molar-refractivity contribution in [2.75, 3.05) is 19.6 Å². The van der Waals surface area contributed by atoms with E-state index in [9.17, 15) is 8.42 Å². The van der Waals surface area contributed by atoms with Gasteiger partial charge in [-0.25, -0.2) is 0 Å². The van der Waals surface area contributed by atoms with E-state index in [2.05, 4.69) is 16.6 Å². The van der Waals surface area contributed by atoms with Crippen molar-refractivity contribution in [1.29, 1.82) is 0 Å². The third-order valence-electron chi connectivity index (χ3n) is 2.45. The minimum atomic E-state index is -3.39. The number of nitrogens with two attached hydrogens (primary N) is 1. The van der Waals surface area contributed by atoms with Crippen LogP contribution in [0.3, 0.4) is 0 Å². The lowest BCUT2D eigenvalue weighted by atomic mass is 10.4. The van der Waals surface area contributed by atoms with Gasteiger partial charge >= 0.3 is 0 Å². The van der Waals surface area contributed by atoms with Gasteiger partial charge in [-0.05, 0) is 12.1 Å². The largest absolute Gasteiger partial charge is 0.320 e. The van der Waals surface area contributed by atoms with E-state index in [0.717, 1.165) is 9.75 Å². The molecule has 0 amide bonds. The molecule has 0 aliphatic rings. The van der Waals surface area contributed by atoms with Crippen LogP contribution in [0, 0.1) is 11.8 Å². The maximum atomic E-state index is 11.9. The molecule has 0 aliphatic carbocycles. The molecule has 1 aromatic heterocycles. The standard InChI is InChI=1S/C12H19N3O2S2/c1-3-15(4-2)19(16,17)14-10-12-8-7-11(18-12)6-5-9-13/h7-8,14H,3-4,9-10,13H2,1-2H3. The van der Waals surface area contributed by atoms with Gasteiger partial charge in [0, 0.05) is 24.5 Å². The second-order valence-corrected chi connectivity index (χ2v) is 6.61. The van der Waals surface area contributed by atoms with E-state index in [0.29, 0.717) is 19.6 Å². The summed E-state index contributed by atoms with van der Waals surface area (Å²) < 4.78 is 27.8. The molecule has 7 heteroatoms. The molecule has 3 N–H and O–H groups in total. The van der Waals surface area contributed by atoms with Gasteiger partial charge in [-0.3, -0.25) is 0 Å². The van der Waals surface area contributed by atoms with Gasteiger partial charge in [-0.15, -0.1) is 11.3 Å². The molecule has 0 aliphatic heterocycles. The van der Waals surface area contributed by atoms with Gasteiger partial charge in [0.25, 0.3) is 10.2 Å². The van der Waals surface area contributed by atoms with Crippen molar-refractivity contribution in [3.05, 3.63) is 21.9 Å². The fourth-order valence-electron chi connectivity index (χ4n) is 1.50. The molecule has 19 heavy (non-hydrogen) atoms. The summed E-state index contributed by atoms with van der Waals surface area (Å²) in [7, 11) is -3.39. The summed E-state index contributed by atoms with van der Waals surface area (Å²) in [5.74, 6) is 5.69. The zero-order valence-electron chi connectivity index (χ0n) is 11.1. The first-order valence-electron chi connectivity index (χ1n) is 6.05. The maximum Gasteiger partial charge on any atom is 0.279 e. The monoisotopic (exact) mass is 301 g/mol. The van der Waals surface area contributed by atoms with Gasteiger partial charge in [-0.1, -0.05) is 25.7 Å². The summed E-state index contributed by atoms with van der Waals surface area (Å²) >= 11 is 1.47. The Morgan fingerprint density at radius 1 is 1.37 bits per heavy atom. The number of rotatable bonds is 6. The summed E-state index contributed by atoms with van der Waals surface area (Å²) in [6.07, 6.45) is 0. The highest BCUT2D eigenvalue weighted by molar-refractivity contribution is 7.87. The van der Waals surface area contributed by atoms with E-state index in [-0.39, 0.29) is 6.54 Å². The lowest BCUT2D eigenvalue weighted by Gasteiger charge is -2.18. The minimum absolute atomic E-state index is 0.286. The minimum Gasteiger partial charge on any atom is -0.320 e. The van der Waals surface area contributed by atoms with Gasteiger partial charge in [-0.2, -0.15) is 17.4 Å². The number of thiophene rings is 1.